The second-order valence-electron chi connectivity index (χ2n) is 5.89. The zero-order valence-electron chi connectivity index (χ0n) is 13.3. The van der Waals surface area contributed by atoms with Gasteiger partial charge >= 0.3 is 0 Å². The summed E-state index contributed by atoms with van der Waals surface area (Å²) in [5.41, 5.74) is 1.07. The Kier molecular flexibility index (Phi) is 5.76. The second kappa shape index (κ2) is 7.56. The molecule has 0 aliphatic carbocycles. The van der Waals surface area contributed by atoms with Gasteiger partial charge in [-0.1, -0.05) is 6.42 Å². The molecule has 0 unspecified atom stereocenters. The van der Waals surface area contributed by atoms with Crippen molar-refractivity contribution in [3.8, 4) is 0 Å². The molecule has 1 fully saturated rings. The summed E-state index contributed by atoms with van der Waals surface area (Å²) in [5.74, 6) is 1.61. The zero-order valence-corrected chi connectivity index (χ0v) is 13.3. The van der Waals surface area contributed by atoms with E-state index in [4.69, 9.17) is 0 Å². The van der Waals surface area contributed by atoms with E-state index in [1.807, 2.05) is 32.1 Å². The van der Waals surface area contributed by atoms with Crippen molar-refractivity contribution in [2.45, 2.75) is 32.2 Å². The van der Waals surface area contributed by atoms with Gasteiger partial charge in [-0.05, 0) is 26.3 Å². The fourth-order valence-corrected chi connectivity index (χ4v) is 2.84. The van der Waals surface area contributed by atoms with Crippen LogP contribution in [0.2, 0.25) is 0 Å². The van der Waals surface area contributed by atoms with E-state index < -0.39 is 0 Å². The summed E-state index contributed by atoms with van der Waals surface area (Å²) in [7, 11) is 3.97. The molecule has 0 radical (unpaired) electrons. The predicted molar refractivity (Wildman–Crippen MR) is 85.9 cm³/mol. The van der Waals surface area contributed by atoms with Crippen LogP contribution in [0.3, 0.4) is 0 Å². The lowest BCUT2D eigenvalue weighted by molar-refractivity contribution is 0.0940. The van der Waals surface area contributed by atoms with Gasteiger partial charge in [-0.25, -0.2) is 4.98 Å². The number of hydrogen-bond acceptors (Lipinski definition) is 6. The Bertz CT molecular complexity index is 452. The van der Waals surface area contributed by atoms with Gasteiger partial charge in [-0.15, -0.1) is 0 Å². The van der Waals surface area contributed by atoms with E-state index in [0.29, 0.717) is 12.0 Å². The Hall–Kier alpha value is -1.40. The van der Waals surface area contributed by atoms with Crippen molar-refractivity contribution in [2.75, 3.05) is 50.6 Å². The Morgan fingerprint density at radius 2 is 2.24 bits per heavy atom. The molecule has 2 heterocycles. The maximum atomic E-state index is 9.41. The van der Waals surface area contributed by atoms with Crippen LogP contribution in [0.4, 0.5) is 11.8 Å². The molecule has 1 aliphatic heterocycles. The summed E-state index contributed by atoms with van der Waals surface area (Å²) in [6, 6.07) is 0.317. The van der Waals surface area contributed by atoms with Crippen molar-refractivity contribution in [1.82, 2.24) is 14.9 Å². The topological polar surface area (TPSA) is 64.5 Å². The molecular weight excluding hydrogens is 266 g/mol. The van der Waals surface area contributed by atoms with Crippen molar-refractivity contribution >= 4 is 11.8 Å². The molecule has 1 saturated heterocycles. The molecule has 0 amide bonds. The van der Waals surface area contributed by atoms with Gasteiger partial charge in [0.05, 0.1) is 6.61 Å². The average molecular weight is 293 g/mol. The minimum atomic E-state index is 0.256. The van der Waals surface area contributed by atoms with Crippen LogP contribution in [-0.2, 0) is 0 Å². The molecule has 0 bridgehead atoms. The molecule has 1 aromatic heterocycles. The van der Waals surface area contributed by atoms with E-state index in [9.17, 15) is 5.11 Å². The third-order valence-electron chi connectivity index (χ3n) is 4.01. The van der Waals surface area contributed by atoms with Crippen LogP contribution in [-0.4, -0.2) is 66.4 Å². The second-order valence-corrected chi connectivity index (χ2v) is 5.89. The fourth-order valence-electron chi connectivity index (χ4n) is 2.84. The van der Waals surface area contributed by atoms with E-state index in [0.717, 1.165) is 37.4 Å². The van der Waals surface area contributed by atoms with Crippen LogP contribution in [0, 0.1) is 6.92 Å². The molecule has 0 saturated carbocycles. The number of piperidine rings is 1. The first-order valence-corrected chi connectivity index (χ1v) is 7.71. The van der Waals surface area contributed by atoms with Gasteiger partial charge in [0.2, 0.25) is 5.95 Å². The van der Waals surface area contributed by atoms with Crippen molar-refractivity contribution in [2.24, 2.45) is 0 Å². The van der Waals surface area contributed by atoms with Crippen molar-refractivity contribution < 1.29 is 5.11 Å². The highest BCUT2D eigenvalue weighted by molar-refractivity contribution is 5.47. The number of rotatable bonds is 6. The third kappa shape index (κ3) is 4.28. The molecule has 1 aliphatic rings. The number of aliphatic hydroxyl groups excluding tert-OH is 1. The van der Waals surface area contributed by atoms with Crippen LogP contribution in [0.1, 0.15) is 24.8 Å². The van der Waals surface area contributed by atoms with Crippen LogP contribution in [0.15, 0.2) is 6.20 Å². The lowest BCUT2D eigenvalue weighted by Crippen LogP contribution is -2.44. The highest BCUT2D eigenvalue weighted by Gasteiger charge is 2.20. The number of aliphatic hydroxyl groups is 1. The normalized spacial score (nSPS) is 19.5. The highest BCUT2D eigenvalue weighted by Crippen LogP contribution is 2.17. The van der Waals surface area contributed by atoms with E-state index in [-0.39, 0.29) is 6.61 Å². The lowest BCUT2D eigenvalue weighted by atomic mass is 10.0. The maximum Gasteiger partial charge on any atom is 0.224 e. The number of anilines is 2. The summed E-state index contributed by atoms with van der Waals surface area (Å²) >= 11 is 0. The number of nitrogens with zero attached hydrogens (tertiary/aromatic N) is 4. The maximum absolute atomic E-state index is 9.41. The third-order valence-corrected chi connectivity index (χ3v) is 4.01. The summed E-state index contributed by atoms with van der Waals surface area (Å²) in [4.78, 5) is 13.2. The quantitative estimate of drug-likeness (QED) is 0.819. The van der Waals surface area contributed by atoms with Gasteiger partial charge in [0.1, 0.15) is 5.82 Å². The van der Waals surface area contributed by atoms with Crippen LogP contribution >= 0.6 is 0 Å². The molecule has 21 heavy (non-hydrogen) atoms. The molecule has 0 aromatic carbocycles. The number of likely N-dealkylation sites (tertiary alicyclic amines) is 1. The molecule has 1 atom stereocenters. The summed E-state index contributed by atoms with van der Waals surface area (Å²) in [5, 5.41) is 12.7. The van der Waals surface area contributed by atoms with Crippen molar-refractivity contribution in [3.63, 3.8) is 0 Å². The molecule has 1 aromatic rings. The van der Waals surface area contributed by atoms with E-state index in [1.165, 1.54) is 12.8 Å². The van der Waals surface area contributed by atoms with Gasteiger partial charge in [0, 0.05) is 45.0 Å². The molecule has 6 nitrogen and oxygen atoms in total. The summed E-state index contributed by atoms with van der Waals surface area (Å²) in [6.45, 7) is 5.06. The molecule has 0 spiro atoms. The van der Waals surface area contributed by atoms with Gasteiger partial charge in [-0.3, -0.25) is 4.90 Å². The Balaban J connectivity index is 1.87. The van der Waals surface area contributed by atoms with Gasteiger partial charge in [-0.2, -0.15) is 4.98 Å². The Labute approximate surface area is 127 Å². The average Bonchev–Trinajstić information content (AvgIpc) is 2.49. The fraction of sp³-hybridized carbons (Fsp3) is 0.733. The number of aryl methyl sites for hydroxylation is 1. The standard InChI is InChI=1S/C15H27N5O/c1-12-10-17-15(18-14(12)19(2)3)16-7-9-20-8-5-4-6-13(20)11-21/h10,13,21H,4-9,11H2,1-3H3,(H,16,17,18)/t13-/m0/s1. The molecular formula is C15H27N5O. The van der Waals surface area contributed by atoms with Gasteiger partial charge in [0.15, 0.2) is 0 Å². The number of aromatic nitrogens is 2. The van der Waals surface area contributed by atoms with E-state index in [1.54, 1.807) is 0 Å². The van der Waals surface area contributed by atoms with Crippen LogP contribution in [0.25, 0.3) is 0 Å². The number of hydrogen-bond donors (Lipinski definition) is 2. The molecule has 2 N–H and O–H groups in total. The largest absolute Gasteiger partial charge is 0.395 e. The lowest BCUT2D eigenvalue weighted by Gasteiger charge is -2.34. The Morgan fingerprint density at radius 1 is 1.43 bits per heavy atom. The van der Waals surface area contributed by atoms with E-state index in [2.05, 4.69) is 20.2 Å². The van der Waals surface area contributed by atoms with Gasteiger partial charge in [0.25, 0.3) is 0 Å². The smallest absolute Gasteiger partial charge is 0.224 e. The molecule has 2 rings (SSSR count). The zero-order chi connectivity index (χ0) is 15.2. The monoisotopic (exact) mass is 293 g/mol. The van der Waals surface area contributed by atoms with E-state index >= 15 is 0 Å². The van der Waals surface area contributed by atoms with Gasteiger partial charge < -0.3 is 15.3 Å². The summed E-state index contributed by atoms with van der Waals surface area (Å²) in [6.07, 6.45) is 5.40. The minimum absolute atomic E-state index is 0.256. The van der Waals surface area contributed by atoms with Crippen LogP contribution < -0.4 is 10.2 Å². The van der Waals surface area contributed by atoms with Crippen LogP contribution in [0.5, 0.6) is 0 Å². The Morgan fingerprint density at radius 3 is 2.95 bits per heavy atom. The minimum Gasteiger partial charge on any atom is -0.395 e. The van der Waals surface area contributed by atoms with Crippen molar-refractivity contribution in [3.05, 3.63) is 11.8 Å². The molecule has 118 valence electrons. The first kappa shape index (κ1) is 16.0. The highest BCUT2D eigenvalue weighted by atomic mass is 16.3. The summed E-state index contributed by atoms with van der Waals surface area (Å²) < 4.78 is 0. The SMILES string of the molecule is Cc1cnc(NCCN2CCCC[C@H]2CO)nc1N(C)C. The first-order chi connectivity index (χ1) is 10.1. The van der Waals surface area contributed by atoms with Crippen molar-refractivity contribution in [1.29, 1.82) is 0 Å². The first-order valence-electron chi connectivity index (χ1n) is 7.71. The predicted octanol–water partition coefficient (Wildman–Crippen LogP) is 1.11. The number of nitrogens with one attached hydrogen (secondary N) is 1. The molecule has 6 heteroatoms.